The molecule has 0 aliphatic carbocycles. The van der Waals surface area contributed by atoms with Gasteiger partial charge in [0, 0.05) is 0 Å². The van der Waals surface area contributed by atoms with Gasteiger partial charge in [-0.1, -0.05) is 11.6 Å². The number of nitrogens with two attached hydrogens (primary N) is 1. The van der Waals surface area contributed by atoms with Crippen molar-refractivity contribution in [2.45, 2.75) is 18.1 Å². The highest BCUT2D eigenvalue weighted by atomic mass is 35.5. The molecule has 0 saturated carbocycles. The minimum atomic E-state index is -5.80. The van der Waals surface area contributed by atoms with Crippen LogP contribution < -0.4 is 10.5 Å². The zero-order valence-electron chi connectivity index (χ0n) is 9.43. The highest BCUT2D eigenvalue weighted by Crippen LogP contribution is 2.45. The molecule has 0 radical (unpaired) electrons. The molecular weight excluding hydrogens is 297 g/mol. The summed E-state index contributed by atoms with van der Waals surface area (Å²) in [5, 5.41) is 8.92. The smallest absolute Gasteiger partial charge is 0.455 e. The maximum Gasteiger partial charge on any atom is 0.455 e. The fourth-order valence-electron chi connectivity index (χ4n) is 1.31. The summed E-state index contributed by atoms with van der Waals surface area (Å²) in [6.45, 7) is 0. The molecule has 0 aromatic heterocycles. The Morgan fingerprint density at radius 3 is 2.21 bits per heavy atom. The number of halogens is 6. The van der Waals surface area contributed by atoms with E-state index in [1.165, 1.54) is 0 Å². The summed E-state index contributed by atoms with van der Waals surface area (Å²) >= 11 is 5.49. The third-order valence-corrected chi connectivity index (χ3v) is 2.69. The number of ether oxygens (including phenoxy) is 1. The molecule has 0 unspecified atom stereocenters. The number of alkyl halides is 5. The Bertz CT molecular complexity index is 478. The van der Waals surface area contributed by atoms with Crippen LogP contribution in [0.4, 0.5) is 22.0 Å². The van der Waals surface area contributed by atoms with Gasteiger partial charge in [0.25, 0.3) is 0 Å². The topological polar surface area (TPSA) is 55.5 Å². The van der Waals surface area contributed by atoms with Gasteiger partial charge in [-0.2, -0.15) is 22.0 Å². The number of rotatable bonds is 3. The quantitative estimate of drug-likeness (QED) is 0.843. The van der Waals surface area contributed by atoms with Crippen molar-refractivity contribution in [3.05, 3.63) is 22.7 Å². The van der Waals surface area contributed by atoms with Gasteiger partial charge in [-0.05, 0) is 17.7 Å². The van der Waals surface area contributed by atoms with Gasteiger partial charge in [0.15, 0.2) is 11.5 Å². The van der Waals surface area contributed by atoms with Crippen LogP contribution in [-0.2, 0) is 0 Å². The molecule has 1 aromatic carbocycles. The molecule has 3 N–H and O–H groups in total. The van der Waals surface area contributed by atoms with Gasteiger partial charge in [0.2, 0.25) is 0 Å². The van der Waals surface area contributed by atoms with Gasteiger partial charge in [0.1, 0.15) is 6.04 Å². The molecule has 0 aliphatic heterocycles. The minimum absolute atomic E-state index is 0.351. The lowest BCUT2D eigenvalue weighted by molar-refractivity contribution is -0.291. The first-order chi connectivity index (χ1) is 8.52. The van der Waals surface area contributed by atoms with Crippen LogP contribution in [0.15, 0.2) is 12.1 Å². The third-order valence-electron chi connectivity index (χ3n) is 2.40. The minimum Gasteiger partial charge on any atom is -0.503 e. The van der Waals surface area contributed by atoms with Crippen LogP contribution in [0.3, 0.4) is 0 Å². The van der Waals surface area contributed by atoms with Crippen molar-refractivity contribution in [1.29, 1.82) is 0 Å². The van der Waals surface area contributed by atoms with Crippen molar-refractivity contribution in [2.75, 3.05) is 7.11 Å². The average Bonchev–Trinajstić information content (AvgIpc) is 2.30. The molecule has 0 spiro atoms. The number of benzene rings is 1. The summed E-state index contributed by atoms with van der Waals surface area (Å²) in [6.07, 6.45) is -5.80. The number of aromatic hydroxyl groups is 1. The summed E-state index contributed by atoms with van der Waals surface area (Å²) in [4.78, 5) is 0. The van der Waals surface area contributed by atoms with Crippen molar-refractivity contribution in [2.24, 2.45) is 5.73 Å². The molecule has 3 nitrogen and oxygen atoms in total. The van der Waals surface area contributed by atoms with Crippen LogP contribution in [0.25, 0.3) is 0 Å². The molecule has 1 rings (SSSR count). The van der Waals surface area contributed by atoms with E-state index in [1.54, 1.807) is 0 Å². The largest absolute Gasteiger partial charge is 0.503 e. The van der Waals surface area contributed by atoms with Crippen LogP contribution >= 0.6 is 11.6 Å². The van der Waals surface area contributed by atoms with Gasteiger partial charge in [-0.3, -0.25) is 0 Å². The van der Waals surface area contributed by atoms with Crippen molar-refractivity contribution in [3.8, 4) is 11.5 Å². The van der Waals surface area contributed by atoms with Gasteiger partial charge in [-0.15, -0.1) is 0 Å². The maximum atomic E-state index is 13.1. The molecule has 0 aliphatic rings. The van der Waals surface area contributed by atoms with E-state index in [-0.39, 0.29) is 5.75 Å². The Hall–Kier alpha value is -1.28. The number of phenols is 1. The molecule has 19 heavy (non-hydrogen) atoms. The van der Waals surface area contributed by atoms with E-state index >= 15 is 0 Å². The summed E-state index contributed by atoms with van der Waals surface area (Å²) in [5.41, 5.74) is 4.33. The SMILES string of the molecule is COc1cc([C@@H](N)C(F)(F)C(F)(F)F)cc(Cl)c1O. The lowest BCUT2D eigenvalue weighted by Crippen LogP contribution is -2.45. The lowest BCUT2D eigenvalue weighted by Gasteiger charge is -2.26. The average molecular weight is 306 g/mol. The Balaban J connectivity index is 3.28. The Labute approximate surface area is 109 Å². The first kappa shape index (κ1) is 15.8. The molecule has 0 bridgehead atoms. The molecule has 0 fully saturated rings. The normalized spacial score (nSPS) is 14.3. The zero-order valence-corrected chi connectivity index (χ0v) is 10.2. The van der Waals surface area contributed by atoms with Crippen LogP contribution in [0.1, 0.15) is 11.6 Å². The van der Waals surface area contributed by atoms with Crippen LogP contribution in [0, 0.1) is 0 Å². The fraction of sp³-hybridized carbons (Fsp3) is 0.400. The number of methoxy groups -OCH3 is 1. The van der Waals surface area contributed by atoms with E-state index in [9.17, 15) is 27.1 Å². The summed E-state index contributed by atoms with van der Waals surface area (Å²) < 4.78 is 67.3. The number of hydrogen-bond acceptors (Lipinski definition) is 3. The van der Waals surface area contributed by atoms with E-state index in [0.29, 0.717) is 0 Å². The third kappa shape index (κ3) is 2.84. The zero-order chi connectivity index (χ0) is 15.0. The summed E-state index contributed by atoms with van der Waals surface area (Å²) in [7, 11) is 1.09. The standard InChI is InChI=1S/C10H9ClF5NO2/c1-19-6-3-4(2-5(11)7(6)18)8(17)9(12,13)10(14,15)16/h2-3,8,18H,17H2,1H3/t8-/m1/s1. The second-order valence-corrected chi connectivity index (χ2v) is 4.06. The number of phenolic OH excluding ortho intramolecular Hbond substituents is 1. The molecular formula is C10H9ClF5NO2. The van der Waals surface area contributed by atoms with Gasteiger partial charge in [0.05, 0.1) is 12.1 Å². The van der Waals surface area contributed by atoms with Crippen molar-refractivity contribution in [3.63, 3.8) is 0 Å². The van der Waals surface area contributed by atoms with Gasteiger partial charge < -0.3 is 15.6 Å². The highest BCUT2D eigenvalue weighted by Gasteiger charge is 2.61. The fourth-order valence-corrected chi connectivity index (χ4v) is 1.53. The molecule has 1 aromatic rings. The van der Waals surface area contributed by atoms with Gasteiger partial charge >= 0.3 is 12.1 Å². The van der Waals surface area contributed by atoms with E-state index < -0.39 is 34.5 Å². The van der Waals surface area contributed by atoms with Crippen molar-refractivity contribution >= 4 is 11.6 Å². The van der Waals surface area contributed by atoms with E-state index in [1.807, 2.05) is 0 Å². The number of hydrogen-bond donors (Lipinski definition) is 2. The predicted molar refractivity (Wildman–Crippen MR) is 57.6 cm³/mol. The predicted octanol–water partition coefficient (Wildman–Crippen LogP) is 3.25. The maximum absolute atomic E-state index is 13.1. The molecule has 0 heterocycles. The van der Waals surface area contributed by atoms with Crippen LogP contribution in [0.5, 0.6) is 11.5 Å². The summed E-state index contributed by atoms with van der Waals surface area (Å²) in [6, 6.07) is -1.17. The first-order valence-electron chi connectivity index (χ1n) is 4.79. The van der Waals surface area contributed by atoms with Crippen LogP contribution in [-0.4, -0.2) is 24.3 Å². The van der Waals surface area contributed by atoms with E-state index in [4.69, 9.17) is 17.3 Å². The molecule has 9 heteroatoms. The molecule has 0 amide bonds. The first-order valence-corrected chi connectivity index (χ1v) is 5.16. The monoisotopic (exact) mass is 305 g/mol. The second kappa shape index (κ2) is 5.01. The van der Waals surface area contributed by atoms with E-state index in [0.717, 1.165) is 19.2 Å². The summed E-state index contributed by atoms with van der Waals surface area (Å²) in [5.74, 6) is -6.07. The lowest BCUT2D eigenvalue weighted by atomic mass is 10.0. The molecule has 0 saturated heterocycles. The van der Waals surface area contributed by atoms with Crippen molar-refractivity contribution < 1.29 is 31.8 Å². The van der Waals surface area contributed by atoms with Gasteiger partial charge in [-0.25, -0.2) is 0 Å². The highest BCUT2D eigenvalue weighted by molar-refractivity contribution is 6.32. The second-order valence-electron chi connectivity index (χ2n) is 3.65. The van der Waals surface area contributed by atoms with E-state index in [2.05, 4.69) is 4.74 Å². The molecule has 1 atom stereocenters. The Morgan fingerprint density at radius 2 is 1.79 bits per heavy atom. The van der Waals surface area contributed by atoms with Crippen LogP contribution in [0.2, 0.25) is 5.02 Å². The molecule has 108 valence electrons. The Morgan fingerprint density at radius 1 is 1.26 bits per heavy atom. The van der Waals surface area contributed by atoms with Crippen molar-refractivity contribution in [1.82, 2.24) is 0 Å². The Kier molecular flexibility index (Phi) is 4.16.